The third kappa shape index (κ3) is 5.55. The van der Waals surface area contributed by atoms with E-state index < -0.39 is 0 Å². The summed E-state index contributed by atoms with van der Waals surface area (Å²) in [6, 6.07) is 1.74. The topological polar surface area (TPSA) is 93.8 Å². The fourth-order valence-corrected chi connectivity index (χ4v) is 2.11. The van der Waals surface area contributed by atoms with Gasteiger partial charge in [-0.2, -0.15) is 0 Å². The lowest BCUT2D eigenvalue weighted by atomic mass is 10.2. The maximum absolute atomic E-state index is 11.9. The number of halogens is 2. The lowest BCUT2D eigenvalue weighted by Crippen LogP contribution is -2.30. The summed E-state index contributed by atoms with van der Waals surface area (Å²) in [6.45, 7) is 3.09. The smallest absolute Gasteiger partial charge is 0.263 e. The average Bonchev–Trinajstić information content (AvgIpc) is 2.95. The molecule has 0 spiro atoms. The minimum atomic E-state index is -0.139. The van der Waals surface area contributed by atoms with Gasteiger partial charge >= 0.3 is 0 Å². The molecule has 0 saturated carbocycles. The molecule has 2 aromatic rings. The summed E-state index contributed by atoms with van der Waals surface area (Å²) in [5, 5.41) is 3.46. The van der Waals surface area contributed by atoms with E-state index in [-0.39, 0.29) is 36.6 Å². The first-order valence-corrected chi connectivity index (χ1v) is 6.74. The quantitative estimate of drug-likeness (QED) is 0.857. The molecule has 1 amide bonds. The van der Waals surface area contributed by atoms with Crippen LogP contribution in [0.15, 0.2) is 24.7 Å². The van der Waals surface area contributed by atoms with Gasteiger partial charge in [-0.1, -0.05) is 6.92 Å². The van der Waals surface area contributed by atoms with E-state index in [0.29, 0.717) is 28.8 Å². The Morgan fingerprint density at radius 3 is 2.62 bits per heavy atom. The number of carbonyl (C=O) groups excluding carboxylic acids is 1. The van der Waals surface area contributed by atoms with Crippen LogP contribution >= 0.6 is 36.2 Å². The van der Waals surface area contributed by atoms with Crippen molar-refractivity contribution in [2.45, 2.75) is 6.92 Å². The Morgan fingerprint density at radius 2 is 2.00 bits per heavy atom. The van der Waals surface area contributed by atoms with Crippen molar-refractivity contribution in [2.24, 2.45) is 11.7 Å². The molecule has 0 bridgehead atoms. The molecule has 9 heteroatoms. The Morgan fingerprint density at radius 1 is 1.33 bits per heavy atom. The van der Waals surface area contributed by atoms with Gasteiger partial charge in [-0.05, 0) is 18.5 Å². The summed E-state index contributed by atoms with van der Waals surface area (Å²) >= 11 is 1.27. The van der Waals surface area contributed by atoms with Crippen LogP contribution in [-0.2, 0) is 0 Å². The SMILES string of the molecule is CC(CN)CNC(=O)c1cnc(-c2ncccn2)s1.Cl.Cl. The largest absolute Gasteiger partial charge is 0.351 e. The lowest BCUT2D eigenvalue weighted by molar-refractivity contribution is 0.0952. The molecule has 116 valence electrons. The van der Waals surface area contributed by atoms with Crippen molar-refractivity contribution >= 4 is 42.1 Å². The number of rotatable bonds is 5. The third-order valence-corrected chi connectivity index (χ3v) is 3.49. The number of hydrogen-bond acceptors (Lipinski definition) is 6. The van der Waals surface area contributed by atoms with Crippen molar-refractivity contribution in [3.05, 3.63) is 29.5 Å². The van der Waals surface area contributed by atoms with Crippen LogP contribution in [0.3, 0.4) is 0 Å². The molecule has 0 radical (unpaired) electrons. The molecule has 2 aromatic heterocycles. The van der Waals surface area contributed by atoms with E-state index in [1.807, 2.05) is 6.92 Å². The fraction of sp³-hybridized carbons (Fsp3) is 0.333. The van der Waals surface area contributed by atoms with Crippen LogP contribution in [-0.4, -0.2) is 33.9 Å². The molecule has 0 saturated heterocycles. The van der Waals surface area contributed by atoms with E-state index in [1.54, 1.807) is 24.7 Å². The maximum atomic E-state index is 11.9. The number of nitrogens with one attached hydrogen (secondary N) is 1. The third-order valence-electron chi connectivity index (χ3n) is 2.50. The van der Waals surface area contributed by atoms with Crippen LogP contribution in [0.25, 0.3) is 10.8 Å². The Labute approximate surface area is 139 Å². The highest BCUT2D eigenvalue weighted by molar-refractivity contribution is 7.16. The molecule has 2 heterocycles. The zero-order valence-electron chi connectivity index (χ0n) is 11.4. The van der Waals surface area contributed by atoms with E-state index >= 15 is 0 Å². The number of thiazole rings is 1. The predicted molar refractivity (Wildman–Crippen MR) is 88.2 cm³/mol. The van der Waals surface area contributed by atoms with Crippen LogP contribution in [0.5, 0.6) is 0 Å². The van der Waals surface area contributed by atoms with Crippen LogP contribution in [0.2, 0.25) is 0 Å². The Bertz CT molecular complexity index is 552. The monoisotopic (exact) mass is 349 g/mol. The van der Waals surface area contributed by atoms with E-state index in [2.05, 4.69) is 20.3 Å². The van der Waals surface area contributed by atoms with Crippen LogP contribution in [0, 0.1) is 5.92 Å². The van der Waals surface area contributed by atoms with Crippen molar-refractivity contribution in [1.82, 2.24) is 20.3 Å². The van der Waals surface area contributed by atoms with Crippen LogP contribution in [0.1, 0.15) is 16.6 Å². The van der Waals surface area contributed by atoms with Crippen molar-refractivity contribution < 1.29 is 4.79 Å². The highest BCUT2D eigenvalue weighted by Crippen LogP contribution is 2.21. The molecular formula is C12H17Cl2N5OS. The minimum absolute atomic E-state index is 0. The summed E-state index contributed by atoms with van der Waals surface area (Å²) in [5.41, 5.74) is 5.50. The first kappa shape index (κ1) is 19.7. The van der Waals surface area contributed by atoms with Gasteiger partial charge in [-0.15, -0.1) is 36.2 Å². The van der Waals surface area contributed by atoms with Gasteiger partial charge in [0.1, 0.15) is 4.88 Å². The van der Waals surface area contributed by atoms with Gasteiger partial charge in [0.25, 0.3) is 5.91 Å². The van der Waals surface area contributed by atoms with E-state index in [9.17, 15) is 4.79 Å². The van der Waals surface area contributed by atoms with Crippen molar-refractivity contribution in [2.75, 3.05) is 13.1 Å². The molecule has 2 rings (SSSR count). The summed E-state index contributed by atoms with van der Waals surface area (Å²) in [6.07, 6.45) is 4.83. The summed E-state index contributed by atoms with van der Waals surface area (Å²) in [7, 11) is 0. The molecule has 0 fully saturated rings. The number of nitrogens with two attached hydrogens (primary N) is 1. The molecule has 1 atom stereocenters. The van der Waals surface area contributed by atoms with Gasteiger partial charge in [-0.25, -0.2) is 15.0 Å². The minimum Gasteiger partial charge on any atom is -0.351 e. The van der Waals surface area contributed by atoms with Crippen LogP contribution in [0.4, 0.5) is 0 Å². The standard InChI is InChI=1S/C12H15N5OS.2ClH/c1-8(5-13)6-16-11(18)9-7-17-12(19-9)10-14-3-2-4-15-10;;/h2-4,7-8H,5-6,13H2,1H3,(H,16,18);2*1H. The van der Waals surface area contributed by atoms with Gasteiger partial charge in [0.2, 0.25) is 0 Å². The second-order valence-corrected chi connectivity index (χ2v) is 5.18. The van der Waals surface area contributed by atoms with Gasteiger partial charge in [-0.3, -0.25) is 4.79 Å². The number of hydrogen-bond donors (Lipinski definition) is 2. The second-order valence-electron chi connectivity index (χ2n) is 4.15. The molecule has 3 N–H and O–H groups in total. The summed E-state index contributed by atoms with van der Waals surface area (Å²) in [5.74, 6) is 0.649. The Hall–Kier alpha value is -1.28. The number of nitrogens with zero attached hydrogens (tertiary/aromatic N) is 3. The first-order chi connectivity index (χ1) is 9.20. The Balaban J connectivity index is 0.00000200. The molecule has 21 heavy (non-hydrogen) atoms. The Kier molecular flexibility index (Phi) is 9.03. The first-order valence-electron chi connectivity index (χ1n) is 5.92. The second kappa shape index (κ2) is 9.62. The van der Waals surface area contributed by atoms with Gasteiger partial charge in [0.05, 0.1) is 6.20 Å². The van der Waals surface area contributed by atoms with Crippen molar-refractivity contribution in [3.63, 3.8) is 0 Å². The molecule has 0 aliphatic heterocycles. The van der Waals surface area contributed by atoms with E-state index in [4.69, 9.17) is 5.73 Å². The van der Waals surface area contributed by atoms with Gasteiger partial charge in [0, 0.05) is 18.9 Å². The highest BCUT2D eigenvalue weighted by Gasteiger charge is 2.13. The summed E-state index contributed by atoms with van der Waals surface area (Å²) < 4.78 is 0. The maximum Gasteiger partial charge on any atom is 0.263 e. The zero-order valence-corrected chi connectivity index (χ0v) is 13.8. The lowest BCUT2D eigenvalue weighted by Gasteiger charge is -2.08. The molecule has 0 aromatic carbocycles. The van der Waals surface area contributed by atoms with Crippen molar-refractivity contribution in [1.29, 1.82) is 0 Å². The molecule has 0 aliphatic rings. The average molecular weight is 350 g/mol. The zero-order chi connectivity index (χ0) is 13.7. The number of aromatic nitrogens is 3. The predicted octanol–water partition coefficient (Wildman–Crippen LogP) is 1.77. The van der Waals surface area contributed by atoms with Crippen LogP contribution < -0.4 is 11.1 Å². The van der Waals surface area contributed by atoms with Crippen molar-refractivity contribution in [3.8, 4) is 10.8 Å². The molecule has 1 unspecified atom stereocenters. The number of carbonyl (C=O) groups is 1. The normalized spacial score (nSPS) is 11.0. The molecular weight excluding hydrogens is 333 g/mol. The van der Waals surface area contributed by atoms with E-state index in [1.165, 1.54) is 11.3 Å². The fourth-order valence-electron chi connectivity index (χ4n) is 1.33. The van der Waals surface area contributed by atoms with Gasteiger partial charge in [0.15, 0.2) is 10.8 Å². The molecule has 6 nitrogen and oxygen atoms in total. The van der Waals surface area contributed by atoms with Gasteiger partial charge < -0.3 is 11.1 Å². The highest BCUT2D eigenvalue weighted by atomic mass is 35.5. The molecule has 0 aliphatic carbocycles. The van der Waals surface area contributed by atoms with E-state index in [0.717, 1.165) is 0 Å². The summed E-state index contributed by atoms with van der Waals surface area (Å²) in [4.78, 5) is 24.8. The number of amides is 1.